The Hall–Kier alpha value is -2.73. The zero-order valence-electron chi connectivity index (χ0n) is 15.1. The summed E-state index contributed by atoms with van der Waals surface area (Å²) in [4.78, 5) is 19.3. The van der Waals surface area contributed by atoms with Crippen molar-refractivity contribution in [2.45, 2.75) is 32.2 Å². The number of benzene rings is 1. The lowest BCUT2D eigenvalue weighted by atomic mass is 9.87. The normalized spacial score (nSPS) is 19.8. The van der Waals surface area contributed by atoms with Crippen molar-refractivity contribution in [3.63, 3.8) is 0 Å². The molecule has 0 radical (unpaired) electrons. The van der Waals surface area contributed by atoms with E-state index in [1.54, 1.807) is 12.4 Å². The molecule has 1 saturated heterocycles. The van der Waals surface area contributed by atoms with Crippen molar-refractivity contribution in [2.75, 3.05) is 18.4 Å². The Bertz CT molecular complexity index is 809. The maximum atomic E-state index is 10.6. The summed E-state index contributed by atoms with van der Waals surface area (Å²) in [5, 5.41) is 15.7. The molecule has 136 valence electrons. The van der Waals surface area contributed by atoms with E-state index in [-0.39, 0.29) is 5.54 Å². The summed E-state index contributed by atoms with van der Waals surface area (Å²) in [5.41, 5.74) is 4.39. The van der Waals surface area contributed by atoms with Gasteiger partial charge in [-0.3, -0.25) is 4.98 Å². The zero-order valence-corrected chi connectivity index (χ0v) is 15.1. The molecule has 1 atom stereocenters. The quantitative estimate of drug-likeness (QED) is 0.693. The van der Waals surface area contributed by atoms with Gasteiger partial charge in [-0.05, 0) is 56.0 Å². The molecule has 0 unspecified atom stereocenters. The largest absolute Gasteiger partial charge is 0.478 e. The van der Waals surface area contributed by atoms with Crippen LogP contribution in [0.25, 0.3) is 6.08 Å². The van der Waals surface area contributed by atoms with Crippen LogP contribution in [0.2, 0.25) is 0 Å². The maximum Gasteiger partial charge on any atom is 0.328 e. The highest BCUT2D eigenvalue weighted by atomic mass is 16.4. The van der Waals surface area contributed by atoms with E-state index in [2.05, 4.69) is 52.6 Å². The molecule has 1 aromatic heterocycles. The summed E-state index contributed by atoms with van der Waals surface area (Å²) in [6, 6.07) is 6.44. The minimum absolute atomic E-state index is 0.106. The van der Waals surface area contributed by atoms with Crippen molar-refractivity contribution < 1.29 is 9.90 Å². The molecule has 3 N–H and O–H groups in total. The standard InChI is InChI=1S/C20H24N4O2/c1-14-4-3-5-16(15(14)2)10-20(8-9-21-13-20)24-18-12-22-17(11-23-18)6-7-19(25)26/h3-7,11-12,21H,8-10,13H2,1-2H3,(H,23,24)(H,25,26)/b7-6+/t20-/m0/s1. The number of carboxylic acids is 1. The van der Waals surface area contributed by atoms with Gasteiger partial charge in [-0.2, -0.15) is 0 Å². The Morgan fingerprint density at radius 2 is 2.19 bits per heavy atom. The molecule has 2 heterocycles. The molecule has 6 heteroatoms. The number of aryl methyl sites for hydroxylation is 1. The molecule has 1 fully saturated rings. The van der Waals surface area contributed by atoms with E-state index in [1.807, 2.05) is 0 Å². The first-order chi connectivity index (χ1) is 12.5. The second-order valence-corrected chi connectivity index (χ2v) is 6.87. The van der Waals surface area contributed by atoms with E-state index >= 15 is 0 Å². The Morgan fingerprint density at radius 3 is 2.85 bits per heavy atom. The fourth-order valence-corrected chi connectivity index (χ4v) is 3.33. The highest BCUT2D eigenvalue weighted by molar-refractivity contribution is 5.84. The van der Waals surface area contributed by atoms with Crippen molar-refractivity contribution in [1.82, 2.24) is 15.3 Å². The lowest BCUT2D eigenvalue weighted by Crippen LogP contribution is -2.43. The smallest absolute Gasteiger partial charge is 0.328 e. The highest BCUT2D eigenvalue weighted by Gasteiger charge is 2.34. The van der Waals surface area contributed by atoms with Crippen LogP contribution in [0, 0.1) is 13.8 Å². The van der Waals surface area contributed by atoms with Crippen molar-refractivity contribution in [3.05, 3.63) is 59.1 Å². The van der Waals surface area contributed by atoms with Crippen LogP contribution < -0.4 is 10.6 Å². The van der Waals surface area contributed by atoms with Crippen LogP contribution in [0.5, 0.6) is 0 Å². The lowest BCUT2D eigenvalue weighted by molar-refractivity contribution is -0.131. The van der Waals surface area contributed by atoms with Crippen molar-refractivity contribution in [2.24, 2.45) is 0 Å². The average molecular weight is 352 g/mol. The first-order valence-electron chi connectivity index (χ1n) is 8.74. The fraction of sp³-hybridized carbons (Fsp3) is 0.350. The van der Waals surface area contributed by atoms with Gasteiger partial charge in [0.25, 0.3) is 0 Å². The van der Waals surface area contributed by atoms with Crippen LogP contribution in [-0.4, -0.2) is 39.7 Å². The summed E-state index contributed by atoms with van der Waals surface area (Å²) in [6.45, 7) is 6.14. The minimum Gasteiger partial charge on any atom is -0.478 e. The van der Waals surface area contributed by atoms with Gasteiger partial charge >= 0.3 is 5.97 Å². The summed E-state index contributed by atoms with van der Waals surface area (Å²) in [5.74, 6) is -0.301. The van der Waals surface area contributed by atoms with Crippen LogP contribution in [-0.2, 0) is 11.2 Å². The van der Waals surface area contributed by atoms with Crippen LogP contribution in [0.15, 0.2) is 36.7 Å². The first-order valence-corrected chi connectivity index (χ1v) is 8.74. The summed E-state index contributed by atoms with van der Waals surface area (Å²) < 4.78 is 0. The Morgan fingerprint density at radius 1 is 1.35 bits per heavy atom. The molecule has 3 rings (SSSR count). The number of aliphatic carboxylic acids is 1. The van der Waals surface area contributed by atoms with Gasteiger partial charge in [0.05, 0.1) is 23.6 Å². The first kappa shape index (κ1) is 18.1. The van der Waals surface area contributed by atoms with Crippen LogP contribution in [0.4, 0.5) is 5.82 Å². The van der Waals surface area contributed by atoms with E-state index in [0.29, 0.717) is 11.5 Å². The van der Waals surface area contributed by atoms with Crippen LogP contribution >= 0.6 is 0 Å². The van der Waals surface area contributed by atoms with Gasteiger partial charge in [-0.15, -0.1) is 0 Å². The van der Waals surface area contributed by atoms with Gasteiger partial charge in [-0.25, -0.2) is 9.78 Å². The molecule has 1 aliphatic heterocycles. The Kier molecular flexibility index (Phi) is 5.32. The zero-order chi connectivity index (χ0) is 18.6. The predicted molar refractivity (Wildman–Crippen MR) is 102 cm³/mol. The number of rotatable bonds is 6. The number of nitrogens with one attached hydrogen (secondary N) is 2. The number of hydrogen-bond acceptors (Lipinski definition) is 5. The molecule has 1 aliphatic rings. The monoisotopic (exact) mass is 352 g/mol. The molecular weight excluding hydrogens is 328 g/mol. The molecule has 0 aliphatic carbocycles. The van der Waals surface area contributed by atoms with Gasteiger partial charge in [0.15, 0.2) is 0 Å². The number of aromatic nitrogens is 2. The third-order valence-corrected chi connectivity index (χ3v) is 4.95. The number of carbonyl (C=O) groups is 1. The summed E-state index contributed by atoms with van der Waals surface area (Å²) >= 11 is 0. The minimum atomic E-state index is -1.00. The average Bonchev–Trinajstić information content (AvgIpc) is 3.06. The van der Waals surface area contributed by atoms with Crippen molar-refractivity contribution >= 4 is 17.9 Å². The molecule has 0 amide bonds. The van der Waals surface area contributed by atoms with Gasteiger partial charge in [0.1, 0.15) is 5.82 Å². The van der Waals surface area contributed by atoms with E-state index in [0.717, 1.165) is 32.0 Å². The molecule has 0 saturated carbocycles. The number of anilines is 1. The summed E-state index contributed by atoms with van der Waals surface area (Å²) in [6.07, 6.45) is 7.64. The Balaban J connectivity index is 1.78. The van der Waals surface area contributed by atoms with Gasteiger partial charge < -0.3 is 15.7 Å². The SMILES string of the molecule is Cc1cccc(C[C@@]2(Nc3cnc(/C=C/C(=O)O)cn3)CCNC2)c1C. The molecule has 26 heavy (non-hydrogen) atoms. The van der Waals surface area contributed by atoms with Crippen LogP contribution in [0.1, 0.15) is 28.8 Å². The molecular formula is C20H24N4O2. The second-order valence-electron chi connectivity index (χ2n) is 6.87. The fourth-order valence-electron chi connectivity index (χ4n) is 3.33. The topological polar surface area (TPSA) is 87.1 Å². The van der Waals surface area contributed by atoms with Crippen molar-refractivity contribution in [3.8, 4) is 0 Å². The van der Waals surface area contributed by atoms with Gasteiger partial charge in [-0.1, -0.05) is 18.2 Å². The molecule has 0 spiro atoms. The lowest BCUT2D eigenvalue weighted by Gasteiger charge is -2.31. The number of carboxylic acid groups (broad SMARTS) is 1. The molecule has 6 nitrogen and oxygen atoms in total. The highest BCUT2D eigenvalue weighted by Crippen LogP contribution is 2.27. The molecule has 1 aromatic carbocycles. The maximum absolute atomic E-state index is 10.6. The summed E-state index contributed by atoms with van der Waals surface area (Å²) in [7, 11) is 0. The number of nitrogens with zero attached hydrogens (tertiary/aromatic N) is 2. The van der Waals surface area contributed by atoms with E-state index < -0.39 is 5.97 Å². The number of hydrogen-bond donors (Lipinski definition) is 3. The van der Waals surface area contributed by atoms with Gasteiger partial charge in [0.2, 0.25) is 0 Å². The van der Waals surface area contributed by atoms with E-state index in [4.69, 9.17) is 5.11 Å². The predicted octanol–water partition coefficient (Wildman–Crippen LogP) is 2.58. The second kappa shape index (κ2) is 7.66. The van der Waals surface area contributed by atoms with Crippen molar-refractivity contribution in [1.29, 1.82) is 0 Å². The van der Waals surface area contributed by atoms with E-state index in [1.165, 1.54) is 22.8 Å². The van der Waals surface area contributed by atoms with Crippen LogP contribution in [0.3, 0.4) is 0 Å². The molecule has 0 bridgehead atoms. The third-order valence-electron chi connectivity index (χ3n) is 4.95. The third kappa shape index (κ3) is 4.26. The van der Waals surface area contributed by atoms with E-state index in [9.17, 15) is 4.79 Å². The Labute approximate surface area is 153 Å². The molecule has 2 aromatic rings. The van der Waals surface area contributed by atoms with Gasteiger partial charge in [0, 0.05) is 12.6 Å².